The highest BCUT2D eigenvalue weighted by Gasteiger charge is 2.26. The van der Waals surface area contributed by atoms with Crippen LogP contribution in [0.5, 0.6) is 0 Å². The van der Waals surface area contributed by atoms with Gasteiger partial charge in [0.2, 0.25) is 5.91 Å². The van der Waals surface area contributed by atoms with E-state index in [0.717, 1.165) is 0 Å². The molecule has 1 aliphatic heterocycles. The zero-order valence-corrected chi connectivity index (χ0v) is 9.59. The lowest BCUT2D eigenvalue weighted by Crippen LogP contribution is -2.52. The predicted octanol–water partition coefficient (Wildman–Crippen LogP) is -1.43. The van der Waals surface area contributed by atoms with Crippen molar-refractivity contribution in [2.75, 3.05) is 40.0 Å². The third kappa shape index (κ3) is 3.71. The average molecular weight is 232 g/mol. The minimum Gasteiger partial charge on any atom is -0.394 e. The van der Waals surface area contributed by atoms with Crippen LogP contribution in [0, 0.1) is 0 Å². The van der Waals surface area contributed by atoms with Crippen LogP contribution in [0.25, 0.3) is 0 Å². The molecule has 0 spiro atoms. The van der Waals surface area contributed by atoms with Crippen LogP contribution in [0.2, 0.25) is 0 Å². The number of amides is 1. The van der Waals surface area contributed by atoms with Crippen molar-refractivity contribution >= 4 is 5.91 Å². The summed E-state index contributed by atoms with van der Waals surface area (Å²) in [5.74, 6) is -0.0983. The molecule has 0 radical (unpaired) electrons. The summed E-state index contributed by atoms with van der Waals surface area (Å²) in [6.07, 6.45) is 0.226. The first kappa shape index (κ1) is 13.4. The Bertz CT molecular complexity index is 225. The Balaban J connectivity index is 2.40. The number of hydrogen-bond acceptors (Lipinski definition) is 5. The summed E-state index contributed by atoms with van der Waals surface area (Å²) in [6, 6.07) is -0.530. The van der Waals surface area contributed by atoms with Gasteiger partial charge in [-0.3, -0.25) is 4.79 Å². The highest BCUT2D eigenvalue weighted by molar-refractivity contribution is 5.81. The molecule has 1 heterocycles. The molecule has 6 heteroatoms. The predicted molar refractivity (Wildman–Crippen MR) is 57.9 cm³/mol. The quantitative estimate of drug-likeness (QED) is 0.607. The zero-order chi connectivity index (χ0) is 12.0. The number of hydrogen-bond donors (Lipinski definition) is 2. The first-order valence-electron chi connectivity index (χ1n) is 5.44. The van der Waals surface area contributed by atoms with E-state index >= 15 is 0 Å². The van der Waals surface area contributed by atoms with Gasteiger partial charge in [-0.2, -0.15) is 0 Å². The van der Waals surface area contributed by atoms with Gasteiger partial charge in [0.15, 0.2) is 0 Å². The molecule has 1 saturated heterocycles. The third-order valence-electron chi connectivity index (χ3n) is 2.60. The lowest BCUT2D eigenvalue weighted by molar-refractivity contribution is -0.142. The molecule has 2 unspecified atom stereocenters. The molecule has 0 aliphatic carbocycles. The summed E-state index contributed by atoms with van der Waals surface area (Å²) >= 11 is 0. The minimum absolute atomic E-state index is 0.0723. The van der Waals surface area contributed by atoms with Gasteiger partial charge in [0, 0.05) is 26.8 Å². The van der Waals surface area contributed by atoms with Crippen LogP contribution in [-0.2, 0) is 14.3 Å². The van der Waals surface area contributed by atoms with Crippen molar-refractivity contribution in [2.24, 2.45) is 5.73 Å². The van der Waals surface area contributed by atoms with Crippen LogP contribution in [0.1, 0.15) is 6.42 Å². The molecule has 0 saturated carbocycles. The standard InChI is InChI=1S/C10H20N2O4/c1-15-4-2-9(11)10(14)12-3-5-16-8(6-12)7-13/h8-9,13H,2-7,11H2,1H3. The van der Waals surface area contributed by atoms with Crippen molar-refractivity contribution in [1.82, 2.24) is 4.90 Å². The van der Waals surface area contributed by atoms with E-state index < -0.39 is 6.04 Å². The van der Waals surface area contributed by atoms with E-state index in [0.29, 0.717) is 32.7 Å². The Morgan fingerprint density at radius 1 is 1.75 bits per heavy atom. The van der Waals surface area contributed by atoms with Gasteiger partial charge in [0.25, 0.3) is 0 Å². The molecular weight excluding hydrogens is 212 g/mol. The maximum Gasteiger partial charge on any atom is 0.239 e. The van der Waals surface area contributed by atoms with Gasteiger partial charge in [0.1, 0.15) is 0 Å². The van der Waals surface area contributed by atoms with Gasteiger partial charge in [-0.1, -0.05) is 0 Å². The number of nitrogens with zero attached hydrogens (tertiary/aromatic N) is 1. The number of morpholine rings is 1. The summed E-state index contributed by atoms with van der Waals surface area (Å²) in [5.41, 5.74) is 5.75. The van der Waals surface area contributed by atoms with Crippen molar-refractivity contribution in [2.45, 2.75) is 18.6 Å². The number of carbonyl (C=O) groups excluding carboxylic acids is 1. The first-order chi connectivity index (χ1) is 7.69. The maximum absolute atomic E-state index is 11.9. The van der Waals surface area contributed by atoms with Gasteiger partial charge in [0.05, 0.1) is 25.4 Å². The summed E-state index contributed by atoms with van der Waals surface area (Å²) in [5, 5.41) is 8.96. The van der Waals surface area contributed by atoms with E-state index in [9.17, 15) is 4.79 Å². The third-order valence-corrected chi connectivity index (χ3v) is 2.60. The van der Waals surface area contributed by atoms with Crippen LogP contribution in [0.3, 0.4) is 0 Å². The fraction of sp³-hybridized carbons (Fsp3) is 0.900. The lowest BCUT2D eigenvalue weighted by Gasteiger charge is -2.33. The number of rotatable bonds is 5. The average Bonchev–Trinajstić information content (AvgIpc) is 2.35. The Hall–Kier alpha value is -0.690. The molecule has 0 aromatic rings. The Labute approximate surface area is 95.3 Å². The molecule has 1 aliphatic rings. The molecule has 94 valence electrons. The highest BCUT2D eigenvalue weighted by atomic mass is 16.5. The molecule has 6 nitrogen and oxygen atoms in total. The molecule has 0 aromatic carbocycles. The maximum atomic E-state index is 11.9. The highest BCUT2D eigenvalue weighted by Crippen LogP contribution is 2.07. The van der Waals surface area contributed by atoms with Crippen LogP contribution in [-0.4, -0.2) is 68.1 Å². The topological polar surface area (TPSA) is 85.0 Å². The van der Waals surface area contributed by atoms with Crippen molar-refractivity contribution in [1.29, 1.82) is 0 Å². The molecule has 1 rings (SSSR count). The van der Waals surface area contributed by atoms with Crippen LogP contribution in [0.15, 0.2) is 0 Å². The lowest BCUT2D eigenvalue weighted by atomic mass is 10.1. The molecule has 16 heavy (non-hydrogen) atoms. The first-order valence-corrected chi connectivity index (χ1v) is 5.44. The van der Waals surface area contributed by atoms with E-state index in [1.54, 1.807) is 12.0 Å². The number of carbonyl (C=O) groups is 1. The number of methoxy groups -OCH3 is 1. The van der Waals surface area contributed by atoms with Crippen LogP contribution < -0.4 is 5.73 Å². The Morgan fingerprint density at radius 3 is 3.12 bits per heavy atom. The number of aliphatic hydroxyl groups is 1. The summed E-state index contributed by atoms with van der Waals surface area (Å²) in [6.45, 7) is 1.80. The summed E-state index contributed by atoms with van der Waals surface area (Å²) in [4.78, 5) is 13.5. The van der Waals surface area contributed by atoms with E-state index in [2.05, 4.69) is 0 Å². The fourth-order valence-electron chi connectivity index (χ4n) is 1.63. The second-order valence-electron chi connectivity index (χ2n) is 3.85. The van der Waals surface area contributed by atoms with E-state index in [1.165, 1.54) is 0 Å². The second-order valence-corrected chi connectivity index (χ2v) is 3.85. The van der Waals surface area contributed by atoms with Gasteiger partial charge in [-0.05, 0) is 6.42 Å². The van der Waals surface area contributed by atoms with Gasteiger partial charge in [-0.25, -0.2) is 0 Å². The zero-order valence-electron chi connectivity index (χ0n) is 9.59. The van der Waals surface area contributed by atoms with Crippen LogP contribution >= 0.6 is 0 Å². The number of nitrogens with two attached hydrogens (primary N) is 1. The molecule has 2 atom stereocenters. The van der Waals surface area contributed by atoms with Crippen molar-refractivity contribution < 1.29 is 19.4 Å². The van der Waals surface area contributed by atoms with E-state index in [1.807, 2.05) is 0 Å². The largest absolute Gasteiger partial charge is 0.394 e. The van der Waals surface area contributed by atoms with E-state index in [4.69, 9.17) is 20.3 Å². The number of aliphatic hydroxyl groups excluding tert-OH is 1. The van der Waals surface area contributed by atoms with Crippen LogP contribution in [0.4, 0.5) is 0 Å². The smallest absolute Gasteiger partial charge is 0.239 e. The second kappa shape index (κ2) is 6.80. The number of ether oxygens (including phenoxy) is 2. The van der Waals surface area contributed by atoms with Gasteiger partial charge in [-0.15, -0.1) is 0 Å². The molecule has 0 aromatic heterocycles. The van der Waals surface area contributed by atoms with Gasteiger partial charge >= 0.3 is 0 Å². The monoisotopic (exact) mass is 232 g/mol. The van der Waals surface area contributed by atoms with Crippen molar-refractivity contribution in [3.63, 3.8) is 0 Å². The normalized spacial score (nSPS) is 23.2. The molecule has 1 amide bonds. The Morgan fingerprint density at radius 2 is 2.50 bits per heavy atom. The van der Waals surface area contributed by atoms with Gasteiger partial charge < -0.3 is 25.2 Å². The van der Waals surface area contributed by atoms with Crippen molar-refractivity contribution in [3.05, 3.63) is 0 Å². The Kier molecular flexibility index (Phi) is 5.68. The molecule has 1 fully saturated rings. The summed E-state index contributed by atoms with van der Waals surface area (Å²) < 4.78 is 10.1. The fourth-order valence-corrected chi connectivity index (χ4v) is 1.63. The van der Waals surface area contributed by atoms with Crippen molar-refractivity contribution in [3.8, 4) is 0 Å². The molecule has 3 N–H and O–H groups in total. The molecule has 0 bridgehead atoms. The SMILES string of the molecule is COCCC(N)C(=O)N1CCOC(CO)C1. The summed E-state index contributed by atoms with van der Waals surface area (Å²) in [7, 11) is 1.58. The minimum atomic E-state index is -0.530. The van der Waals surface area contributed by atoms with E-state index in [-0.39, 0.29) is 18.6 Å². The molecular formula is C10H20N2O4.